The monoisotopic (exact) mass is 410 g/mol. The number of hydrogen-bond donors (Lipinski definition) is 2. The van der Waals surface area contributed by atoms with Crippen molar-refractivity contribution in [2.45, 2.75) is 36.9 Å². The Morgan fingerprint density at radius 3 is 2.27 bits per heavy atom. The van der Waals surface area contributed by atoms with Gasteiger partial charge in [-0.1, -0.05) is 45.9 Å². The second-order valence-electron chi connectivity index (χ2n) is 5.90. The molecule has 0 saturated carbocycles. The smallest absolute Gasteiger partial charge is 0.391 e. The number of nitrogens with zero attached hydrogens (tertiary/aromatic N) is 2. The van der Waals surface area contributed by atoms with Crippen LogP contribution in [0.3, 0.4) is 0 Å². The minimum atomic E-state index is -4.53. The van der Waals surface area contributed by atoms with Crippen LogP contribution >= 0.6 is 21.6 Å². The highest BCUT2D eigenvalue weighted by Crippen LogP contribution is 2.52. The van der Waals surface area contributed by atoms with Crippen LogP contribution < -0.4 is 0 Å². The van der Waals surface area contributed by atoms with E-state index in [2.05, 4.69) is 10.2 Å². The van der Waals surface area contributed by atoms with Crippen LogP contribution in [-0.4, -0.2) is 53.8 Å². The first-order valence-electron chi connectivity index (χ1n) is 7.98. The highest BCUT2D eigenvalue weighted by Gasteiger charge is 2.65. The number of alkyl halides is 3. The Morgan fingerprint density at radius 2 is 1.73 bits per heavy atom. The molecule has 146 valence electrons. The van der Waals surface area contributed by atoms with E-state index in [1.807, 2.05) is 6.26 Å². The lowest BCUT2D eigenvalue weighted by atomic mass is 9.99. The van der Waals surface area contributed by atoms with E-state index in [1.165, 1.54) is 22.9 Å². The second kappa shape index (κ2) is 9.41. The van der Waals surface area contributed by atoms with Gasteiger partial charge in [0.15, 0.2) is 0 Å². The molecule has 2 unspecified atom stereocenters. The molecule has 1 heterocycles. The molecule has 5 nitrogen and oxygen atoms in total. The Hall–Kier alpha value is -0.810. The van der Waals surface area contributed by atoms with Crippen LogP contribution in [0, 0.1) is 0 Å². The Balaban J connectivity index is 1.71. The first-order valence-corrected chi connectivity index (χ1v) is 10.7. The minimum absolute atomic E-state index is 0.00488. The Kier molecular flexibility index (Phi) is 7.77. The molecule has 26 heavy (non-hydrogen) atoms. The van der Waals surface area contributed by atoms with Gasteiger partial charge in [-0.15, -0.1) is 10.2 Å². The van der Waals surface area contributed by atoms with Crippen molar-refractivity contribution >= 4 is 21.6 Å². The van der Waals surface area contributed by atoms with Crippen LogP contribution in [0.15, 0.2) is 34.5 Å². The maximum atomic E-state index is 12.9. The molecule has 2 atom stereocenters. The van der Waals surface area contributed by atoms with Crippen LogP contribution in [0.4, 0.5) is 13.2 Å². The molecule has 2 N–H and O–H groups in total. The minimum Gasteiger partial charge on any atom is -0.391 e. The molecule has 1 aliphatic rings. The zero-order chi connectivity index (χ0) is 19.2. The average molecular weight is 410 g/mol. The Labute approximate surface area is 157 Å². The second-order valence-corrected chi connectivity index (χ2v) is 8.51. The number of ether oxygens (including phenoxy) is 1. The summed E-state index contributed by atoms with van der Waals surface area (Å²) in [5, 5.41) is 25.9. The van der Waals surface area contributed by atoms with Gasteiger partial charge < -0.3 is 14.9 Å². The van der Waals surface area contributed by atoms with Crippen molar-refractivity contribution in [3.05, 3.63) is 35.4 Å². The predicted molar refractivity (Wildman–Crippen MR) is 96.2 cm³/mol. The van der Waals surface area contributed by atoms with Gasteiger partial charge in [-0.25, -0.2) is 0 Å². The molecule has 0 radical (unpaired) electrons. The van der Waals surface area contributed by atoms with Crippen LogP contribution in [0.5, 0.6) is 0 Å². The predicted octanol–water partition coefficient (Wildman–Crippen LogP) is 3.55. The highest BCUT2D eigenvalue weighted by molar-refractivity contribution is 8.76. The van der Waals surface area contributed by atoms with Gasteiger partial charge in [0.2, 0.25) is 0 Å². The van der Waals surface area contributed by atoms with Gasteiger partial charge >= 0.3 is 11.8 Å². The van der Waals surface area contributed by atoms with E-state index in [1.54, 1.807) is 22.9 Å². The number of aliphatic hydroxyl groups excluding tert-OH is 2. The molecule has 1 aliphatic heterocycles. The third-order valence-corrected chi connectivity index (χ3v) is 5.69. The zero-order valence-corrected chi connectivity index (χ0v) is 15.8. The number of aliphatic hydroxyl groups is 2. The summed E-state index contributed by atoms with van der Waals surface area (Å²) in [5.41, 5.74) is -1.59. The molecule has 0 fully saturated rings. The summed E-state index contributed by atoms with van der Waals surface area (Å²) in [6, 6.07) is 5.91. The summed E-state index contributed by atoms with van der Waals surface area (Å²) < 4.78 is 44.1. The normalized spacial score (nSPS) is 17.9. The highest BCUT2D eigenvalue weighted by atomic mass is 33.1. The molecule has 0 aromatic heterocycles. The fourth-order valence-corrected chi connectivity index (χ4v) is 3.57. The van der Waals surface area contributed by atoms with Crippen molar-refractivity contribution in [2.75, 3.05) is 25.2 Å². The largest absolute Gasteiger partial charge is 0.442 e. The number of benzene rings is 1. The third-order valence-electron chi connectivity index (χ3n) is 3.82. The molecular formula is C16H21F3N2O3S2. The average Bonchev–Trinajstić information content (AvgIpc) is 3.40. The molecular weight excluding hydrogens is 389 g/mol. The summed E-state index contributed by atoms with van der Waals surface area (Å²) in [4.78, 5) is 0. The number of aryl methyl sites for hydroxylation is 1. The third kappa shape index (κ3) is 5.85. The van der Waals surface area contributed by atoms with Crippen molar-refractivity contribution in [2.24, 2.45) is 10.2 Å². The van der Waals surface area contributed by atoms with E-state index in [0.29, 0.717) is 18.6 Å². The van der Waals surface area contributed by atoms with Crippen molar-refractivity contribution in [3.63, 3.8) is 0 Å². The van der Waals surface area contributed by atoms with Crippen molar-refractivity contribution in [1.29, 1.82) is 0 Å². The topological polar surface area (TPSA) is 74.4 Å². The van der Waals surface area contributed by atoms with Crippen molar-refractivity contribution < 1.29 is 28.1 Å². The molecule has 0 amide bonds. The van der Waals surface area contributed by atoms with Crippen LogP contribution in [0.2, 0.25) is 0 Å². The molecule has 10 heteroatoms. The van der Waals surface area contributed by atoms with Gasteiger partial charge in [-0.3, -0.25) is 0 Å². The van der Waals surface area contributed by atoms with Gasteiger partial charge in [0.05, 0.1) is 25.4 Å². The van der Waals surface area contributed by atoms with Crippen LogP contribution in [0.1, 0.15) is 17.5 Å². The van der Waals surface area contributed by atoms with Gasteiger partial charge in [0.1, 0.15) is 0 Å². The standard InChI is InChI=1S/C16H21F3N2O3S2/c1-25-26-10-14(23)9-24-8-13(22)7-4-11-2-5-12(6-3-11)15(20-21-15)16(17,18)19/h2-3,5-6,13-14,22-23H,4,7-10H2,1H3. The van der Waals surface area contributed by atoms with Gasteiger partial charge in [-0.05, 0) is 24.7 Å². The molecule has 2 rings (SSSR count). The van der Waals surface area contributed by atoms with Crippen molar-refractivity contribution in [3.8, 4) is 0 Å². The van der Waals surface area contributed by atoms with Crippen LogP contribution in [-0.2, 0) is 16.8 Å². The quantitative estimate of drug-likeness (QED) is 0.546. The Morgan fingerprint density at radius 1 is 1.12 bits per heavy atom. The lowest BCUT2D eigenvalue weighted by Gasteiger charge is -2.16. The van der Waals surface area contributed by atoms with Gasteiger partial charge in [0, 0.05) is 11.3 Å². The summed E-state index contributed by atoms with van der Waals surface area (Å²) >= 11 is 0. The maximum absolute atomic E-state index is 12.9. The van der Waals surface area contributed by atoms with E-state index in [4.69, 9.17) is 4.74 Å². The summed E-state index contributed by atoms with van der Waals surface area (Å²) in [7, 11) is 3.09. The number of hydrogen-bond acceptors (Lipinski definition) is 7. The lowest BCUT2D eigenvalue weighted by molar-refractivity contribution is -0.166. The van der Waals surface area contributed by atoms with Crippen LogP contribution in [0.25, 0.3) is 0 Å². The summed E-state index contributed by atoms with van der Waals surface area (Å²) in [6.07, 6.45) is -2.97. The Bertz CT molecular complexity index is 593. The first kappa shape index (κ1) is 21.5. The molecule has 0 bridgehead atoms. The molecule has 1 aromatic rings. The SMILES string of the molecule is CSSCC(O)COCC(O)CCc1ccc(C2(C(F)(F)F)N=N2)cc1. The molecule has 0 saturated heterocycles. The maximum Gasteiger partial charge on any atom is 0.442 e. The molecule has 0 aliphatic carbocycles. The number of halogens is 3. The molecule has 1 aromatic carbocycles. The van der Waals surface area contributed by atoms with E-state index in [-0.39, 0.29) is 18.8 Å². The lowest BCUT2D eigenvalue weighted by Crippen LogP contribution is -2.30. The summed E-state index contributed by atoms with van der Waals surface area (Å²) in [6.45, 7) is 0.264. The van der Waals surface area contributed by atoms with Crippen molar-refractivity contribution in [1.82, 2.24) is 0 Å². The summed E-state index contributed by atoms with van der Waals surface area (Å²) in [5.74, 6) is 0.557. The first-order chi connectivity index (χ1) is 12.3. The van der Waals surface area contributed by atoms with E-state index >= 15 is 0 Å². The number of rotatable bonds is 11. The van der Waals surface area contributed by atoms with E-state index in [9.17, 15) is 23.4 Å². The van der Waals surface area contributed by atoms with E-state index in [0.717, 1.165) is 5.56 Å². The fraction of sp³-hybridized carbons (Fsp3) is 0.625. The zero-order valence-electron chi connectivity index (χ0n) is 14.1. The molecule has 0 spiro atoms. The van der Waals surface area contributed by atoms with Gasteiger partial charge in [-0.2, -0.15) is 13.2 Å². The van der Waals surface area contributed by atoms with E-state index < -0.39 is 24.0 Å². The fourth-order valence-electron chi connectivity index (χ4n) is 2.30. The van der Waals surface area contributed by atoms with Gasteiger partial charge in [0.25, 0.3) is 0 Å².